The minimum Gasteiger partial charge on any atom is -0.387 e. The van der Waals surface area contributed by atoms with Gasteiger partial charge in [-0.25, -0.2) is 0 Å². The van der Waals surface area contributed by atoms with Crippen LogP contribution >= 0.6 is 27.5 Å². The lowest BCUT2D eigenvalue weighted by molar-refractivity contribution is -0.120. The number of aliphatic hydroxyl groups excluding tert-OH is 1. The van der Waals surface area contributed by atoms with Crippen molar-refractivity contribution in [3.8, 4) is 0 Å². The Morgan fingerprint density at radius 1 is 1.24 bits per heavy atom. The minimum absolute atomic E-state index is 0.126. The summed E-state index contributed by atoms with van der Waals surface area (Å²) in [4.78, 5) is 11.8. The molecule has 1 amide bonds. The van der Waals surface area contributed by atoms with Crippen LogP contribution in [0.25, 0.3) is 0 Å². The number of amides is 1. The lowest BCUT2D eigenvalue weighted by Crippen LogP contribution is -2.29. The molecule has 0 aliphatic rings. The number of benzene rings is 2. The van der Waals surface area contributed by atoms with Crippen molar-refractivity contribution in [3.05, 3.63) is 69.2 Å². The lowest BCUT2D eigenvalue weighted by Gasteiger charge is -2.12. The summed E-state index contributed by atoms with van der Waals surface area (Å²) in [5.74, 6) is -0.126. The van der Waals surface area contributed by atoms with E-state index in [-0.39, 0.29) is 18.9 Å². The van der Waals surface area contributed by atoms with Gasteiger partial charge in [0.15, 0.2) is 0 Å². The van der Waals surface area contributed by atoms with Crippen LogP contribution in [-0.2, 0) is 11.2 Å². The van der Waals surface area contributed by atoms with Crippen molar-refractivity contribution in [1.29, 1.82) is 0 Å². The molecule has 0 fully saturated rings. The van der Waals surface area contributed by atoms with E-state index in [2.05, 4.69) is 21.2 Å². The summed E-state index contributed by atoms with van der Waals surface area (Å²) in [6.07, 6.45) is -0.479. The number of carbonyl (C=O) groups excluding carboxylic acids is 1. The molecule has 2 N–H and O–H groups in total. The Labute approximate surface area is 137 Å². The van der Waals surface area contributed by atoms with Crippen LogP contribution < -0.4 is 5.32 Å². The van der Waals surface area contributed by atoms with Gasteiger partial charge < -0.3 is 10.4 Å². The predicted octanol–water partition coefficient (Wildman–Crippen LogP) is 3.49. The molecule has 0 saturated heterocycles. The van der Waals surface area contributed by atoms with Crippen molar-refractivity contribution in [2.24, 2.45) is 0 Å². The van der Waals surface area contributed by atoms with Crippen LogP contribution in [0, 0.1) is 0 Å². The van der Waals surface area contributed by atoms with E-state index in [9.17, 15) is 9.90 Å². The van der Waals surface area contributed by atoms with E-state index in [1.165, 1.54) is 0 Å². The third kappa shape index (κ3) is 5.16. The highest BCUT2D eigenvalue weighted by Gasteiger charge is 2.10. The Bertz CT molecular complexity index is 616. The molecule has 2 rings (SSSR count). The van der Waals surface area contributed by atoms with Gasteiger partial charge in [-0.15, -0.1) is 0 Å². The molecule has 5 heteroatoms. The summed E-state index contributed by atoms with van der Waals surface area (Å²) < 4.78 is 0.975. The van der Waals surface area contributed by atoms with Crippen LogP contribution in [0.3, 0.4) is 0 Å². The fourth-order valence-corrected chi connectivity index (χ4v) is 2.36. The maximum atomic E-state index is 11.8. The van der Waals surface area contributed by atoms with Gasteiger partial charge >= 0.3 is 0 Å². The highest BCUT2D eigenvalue weighted by Crippen LogP contribution is 2.17. The van der Waals surface area contributed by atoms with E-state index >= 15 is 0 Å². The highest BCUT2D eigenvalue weighted by atomic mass is 79.9. The minimum atomic E-state index is -0.766. The normalized spacial score (nSPS) is 12.0. The monoisotopic (exact) mass is 367 g/mol. The van der Waals surface area contributed by atoms with Crippen LogP contribution in [-0.4, -0.2) is 17.6 Å². The smallest absolute Gasteiger partial charge is 0.224 e. The molecule has 0 aliphatic heterocycles. The van der Waals surface area contributed by atoms with Crippen molar-refractivity contribution in [1.82, 2.24) is 5.32 Å². The summed E-state index contributed by atoms with van der Waals surface area (Å²) in [7, 11) is 0. The van der Waals surface area contributed by atoms with Gasteiger partial charge in [-0.05, 0) is 35.4 Å². The third-order valence-corrected chi connectivity index (χ3v) is 3.77. The van der Waals surface area contributed by atoms with Crippen LogP contribution in [0.2, 0.25) is 5.02 Å². The first-order chi connectivity index (χ1) is 10.0. The number of rotatable bonds is 5. The van der Waals surface area contributed by atoms with Gasteiger partial charge in [-0.1, -0.05) is 51.8 Å². The first-order valence-corrected chi connectivity index (χ1v) is 7.66. The van der Waals surface area contributed by atoms with Crippen molar-refractivity contribution < 1.29 is 9.90 Å². The molecule has 0 bridgehead atoms. The van der Waals surface area contributed by atoms with Gasteiger partial charge in [0, 0.05) is 16.0 Å². The molecule has 0 saturated carbocycles. The van der Waals surface area contributed by atoms with Crippen LogP contribution in [0.4, 0.5) is 0 Å². The average molecular weight is 369 g/mol. The molecular formula is C16H15BrClNO2. The summed E-state index contributed by atoms with van der Waals surface area (Å²) in [5.41, 5.74) is 1.61. The molecule has 0 radical (unpaired) electrons. The van der Waals surface area contributed by atoms with E-state index in [1.54, 1.807) is 24.3 Å². The van der Waals surface area contributed by atoms with E-state index in [1.807, 2.05) is 24.3 Å². The fourth-order valence-electron chi connectivity index (χ4n) is 1.89. The van der Waals surface area contributed by atoms with Crippen LogP contribution in [0.15, 0.2) is 53.0 Å². The predicted molar refractivity (Wildman–Crippen MR) is 87.3 cm³/mol. The van der Waals surface area contributed by atoms with Gasteiger partial charge in [0.25, 0.3) is 0 Å². The van der Waals surface area contributed by atoms with E-state index in [0.29, 0.717) is 10.6 Å². The second-order valence-electron chi connectivity index (χ2n) is 4.68. The van der Waals surface area contributed by atoms with Crippen molar-refractivity contribution in [2.75, 3.05) is 6.54 Å². The van der Waals surface area contributed by atoms with Crippen molar-refractivity contribution in [3.63, 3.8) is 0 Å². The van der Waals surface area contributed by atoms with Gasteiger partial charge in [0.05, 0.1) is 12.5 Å². The van der Waals surface area contributed by atoms with Gasteiger partial charge in [-0.2, -0.15) is 0 Å². The fraction of sp³-hybridized carbons (Fsp3) is 0.188. The Hall–Kier alpha value is -1.36. The summed E-state index contributed by atoms with van der Waals surface area (Å²) in [6.45, 7) is 0.162. The highest BCUT2D eigenvalue weighted by molar-refractivity contribution is 9.10. The quantitative estimate of drug-likeness (QED) is 0.848. The summed E-state index contributed by atoms with van der Waals surface area (Å²) >= 11 is 9.22. The molecule has 0 spiro atoms. The second-order valence-corrected chi connectivity index (χ2v) is 6.03. The number of halogens is 2. The molecule has 2 aromatic carbocycles. The summed E-state index contributed by atoms with van der Waals surface area (Å²) in [5, 5.41) is 13.3. The molecular weight excluding hydrogens is 354 g/mol. The first kappa shape index (κ1) is 16.0. The topological polar surface area (TPSA) is 49.3 Å². The Morgan fingerprint density at radius 2 is 1.95 bits per heavy atom. The lowest BCUT2D eigenvalue weighted by atomic mass is 10.1. The maximum Gasteiger partial charge on any atom is 0.224 e. The largest absolute Gasteiger partial charge is 0.387 e. The number of aliphatic hydroxyl groups is 1. The molecule has 3 nitrogen and oxygen atoms in total. The van der Waals surface area contributed by atoms with Crippen molar-refractivity contribution in [2.45, 2.75) is 12.5 Å². The van der Waals surface area contributed by atoms with Crippen molar-refractivity contribution >= 4 is 33.4 Å². The number of nitrogens with one attached hydrogen (secondary N) is 1. The zero-order chi connectivity index (χ0) is 15.2. The van der Waals surface area contributed by atoms with E-state index in [0.717, 1.165) is 10.0 Å². The van der Waals surface area contributed by atoms with E-state index in [4.69, 9.17) is 11.6 Å². The molecule has 1 atom stereocenters. The molecule has 110 valence electrons. The zero-order valence-electron chi connectivity index (χ0n) is 11.2. The van der Waals surface area contributed by atoms with Gasteiger partial charge in [-0.3, -0.25) is 4.79 Å². The third-order valence-electron chi connectivity index (χ3n) is 3.00. The Morgan fingerprint density at radius 3 is 2.62 bits per heavy atom. The molecule has 0 aromatic heterocycles. The molecule has 21 heavy (non-hydrogen) atoms. The van der Waals surface area contributed by atoms with Gasteiger partial charge in [0.1, 0.15) is 0 Å². The first-order valence-electron chi connectivity index (χ1n) is 6.49. The molecule has 0 unspecified atom stereocenters. The molecule has 0 heterocycles. The van der Waals surface area contributed by atoms with Gasteiger partial charge in [0.2, 0.25) is 5.91 Å². The SMILES string of the molecule is O=C(Cc1ccc(Br)cc1)NC[C@H](O)c1cccc(Cl)c1. The average Bonchev–Trinajstić information content (AvgIpc) is 2.47. The maximum absolute atomic E-state index is 11.8. The van der Waals surface area contributed by atoms with Crippen LogP contribution in [0.5, 0.6) is 0 Å². The molecule has 2 aromatic rings. The Balaban J connectivity index is 1.84. The molecule has 0 aliphatic carbocycles. The van der Waals surface area contributed by atoms with E-state index < -0.39 is 6.10 Å². The standard InChI is InChI=1S/C16H15BrClNO2/c17-13-6-4-11(5-7-13)8-16(21)19-10-15(20)12-2-1-3-14(18)9-12/h1-7,9,15,20H,8,10H2,(H,19,21)/t15-/m0/s1. The number of hydrogen-bond donors (Lipinski definition) is 2. The Kier molecular flexibility index (Phi) is 5.79. The second kappa shape index (κ2) is 7.59. The van der Waals surface area contributed by atoms with Crippen LogP contribution in [0.1, 0.15) is 17.2 Å². The number of hydrogen-bond acceptors (Lipinski definition) is 2. The number of carbonyl (C=O) groups is 1. The summed E-state index contributed by atoms with van der Waals surface area (Å²) in [6, 6.07) is 14.5. The zero-order valence-corrected chi connectivity index (χ0v) is 13.6.